The van der Waals surface area contributed by atoms with Crippen molar-refractivity contribution < 1.29 is 14.6 Å². The van der Waals surface area contributed by atoms with Crippen molar-refractivity contribution in [1.82, 2.24) is 5.32 Å². The van der Waals surface area contributed by atoms with Crippen LogP contribution >= 0.6 is 15.9 Å². The molecular formula is C16H16BrNO3. The molecule has 1 aliphatic rings. The summed E-state index contributed by atoms with van der Waals surface area (Å²) in [7, 11) is 0. The Bertz CT molecular complexity index is 628. The first-order chi connectivity index (χ1) is 10.2. The third kappa shape index (κ3) is 3.49. The Morgan fingerprint density at radius 1 is 1.10 bits per heavy atom. The Morgan fingerprint density at radius 3 is 2.71 bits per heavy atom. The summed E-state index contributed by atoms with van der Waals surface area (Å²) in [6, 6.07) is 11.3. The molecule has 0 spiro atoms. The fourth-order valence-corrected chi connectivity index (χ4v) is 2.85. The SMILES string of the molecule is Oc1ccc(CCNCc2cc(Br)c3c(c2)OCO3)cc1. The summed E-state index contributed by atoms with van der Waals surface area (Å²) in [5.74, 6) is 1.87. The Labute approximate surface area is 131 Å². The molecule has 3 rings (SSSR count). The minimum Gasteiger partial charge on any atom is -0.508 e. The van der Waals surface area contributed by atoms with Gasteiger partial charge in [-0.25, -0.2) is 0 Å². The van der Waals surface area contributed by atoms with Crippen LogP contribution in [0.2, 0.25) is 0 Å². The summed E-state index contributed by atoms with van der Waals surface area (Å²) in [5.41, 5.74) is 2.35. The zero-order valence-electron chi connectivity index (χ0n) is 11.4. The average molecular weight is 350 g/mol. The smallest absolute Gasteiger partial charge is 0.231 e. The summed E-state index contributed by atoms with van der Waals surface area (Å²) >= 11 is 3.49. The maximum absolute atomic E-state index is 9.24. The van der Waals surface area contributed by atoms with E-state index in [2.05, 4.69) is 21.2 Å². The number of rotatable bonds is 5. The van der Waals surface area contributed by atoms with Gasteiger partial charge < -0.3 is 19.9 Å². The van der Waals surface area contributed by atoms with Crippen LogP contribution in [0.3, 0.4) is 0 Å². The molecule has 0 atom stereocenters. The van der Waals surface area contributed by atoms with Gasteiger partial charge in [0.05, 0.1) is 4.47 Å². The number of aromatic hydroxyl groups is 1. The Kier molecular flexibility index (Phi) is 4.31. The maximum atomic E-state index is 9.24. The minimum absolute atomic E-state index is 0.283. The molecule has 110 valence electrons. The van der Waals surface area contributed by atoms with Crippen LogP contribution in [-0.4, -0.2) is 18.4 Å². The van der Waals surface area contributed by atoms with Gasteiger partial charge in [0.25, 0.3) is 0 Å². The van der Waals surface area contributed by atoms with Crippen LogP contribution in [0.25, 0.3) is 0 Å². The van der Waals surface area contributed by atoms with Gasteiger partial charge in [0.1, 0.15) is 5.75 Å². The topological polar surface area (TPSA) is 50.7 Å². The van der Waals surface area contributed by atoms with Crippen molar-refractivity contribution in [2.45, 2.75) is 13.0 Å². The van der Waals surface area contributed by atoms with Gasteiger partial charge in [-0.05, 0) is 64.3 Å². The van der Waals surface area contributed by atoms with Gasteiger partial charge in [0.15, 0.2) is 11.5 Å². The number of hydrogen-bond donors (Lipinski definition) is 2. The van der Waals surface area contributed by atoms with E-state index in [0.717, 1.165) is 41.0 Å². The van der Waals surface area contributed by atoms with Gasteiger partial charge in [-0.2, -0.15) is 0 Å². The molecule has 0 aromatic heterocycles. The number of ether oxygens (including phenoxy) is 2. The molecule has 0 saturated heterocycles. The highest BCUT2D eigenvalue weighted by molar-refractivity contribution is 9.10. The van der Waals surface area contributed by atoms with E-state index in [1.807, 2.05) is 24.3 Å². The number of benzene rings is 2. The molecule has 2 aromatic carbocycles. The molecule has 0 fully saturated rings. The monoisotopic (exact) mass is 349 g/mol. The van der Waals surface area contributed by atoms with E-state index in [1.54, 1.807) is 12.1 Å². The lowest BCUT2D eigenvalue weighted by Crippen LogP contribution is -2.16. The average Bonchev–Trinajstić information content (AvgIpc) is 2.94. The Balaban J connectivity index is 1.52. The van der Waals surface area contributed by atoms with Crippen LogP contribution < -0.4 is 14.8 Å². The molecule has 2 aromatic rings. The summed E-state index contributed by atoms with van der Waals surface area (Å²) in [4.78, 5) is 0. The summed E-state index contributed by atoms with van der Waals surface area (Å²) in [5, 5.41) is 12.6. The van der Waals surface area contributed by atoms with Gasteiger partial charge in [-0.1, -0.05) is 12.1 Å². The number of nitrogens with one attached hydrogen (secondary N) is 1. The van der Waals surface area contributed by atoms with Gasteiger partial charge in [-0.15, -0.1) is 0 Å². The second kappa shape index (κ2) is 6.37. The predicted molar refractivity (Wildman–Crippen MR) is 83.8 cm³/mol. The molecule has 5 heteroatoms. The van der Waals surface area contributed by atoms with Gasteiger partial charge in [0.2, 0.25) is 6.79 Å². The molecule has 0 aliphatic carbocycles. The van der Waals surface area contributed by atoms with Crippen molar-refractivity contribution in [3.63, 3.8) is 0 Å². The van der Waals surface area contributed by atoms with Crippen LogP contribution in [0, 0.1) is 0 Å². The second-order valence-corrected chi connectivity index (χ2v) is 5.76. The van der Waals surface area contributed by atoms with Gasteiger partial charge in [-0.3, -0.25) is 0 Å². The summed E-state index contributed by atoms with van der Waals surface area (Å²) < 4.78 is 11.7. The minimum atomic E-state index is 0.283. The number of hydrogen-bond acceptors (Lipinski definition) is 4. The molecule has 0 unspecified atom stereocenters. The molecule has 0 bridgehead atoms. The zero-order valence-corrected chi connectivity index (χ0v) is 13.0. The lowest BCUT2D eigenvalue weighted by molar-refractivity contribution is 0.173. The number of phenols is 1. The lowest BCUT2D eigenvalue weighted by atomic mass is 10.1. The van der Waals surface area contributed by atoms with Crippen LogP contribution in [0.15, 0.2) is 40.9 Å². The van der Waals surface area contributed by atoms with Gasteiger partial charge in [0, 0.05) is 6.54 Å². The van der Waals surface area contributed by atoms with Crippen LogP contribution in [-0.2, 0) is 13.0 Å². The van der Waals surface area contributed by atoms with E-state index < -0.39 is 0 Å². The highest BCUT2D eigenvalue weighted by atomic mass is 79.9. The molecule has 21 heavy (non-hydrogen) atoms. The molecular weight excluding hydrogens is 334 g/mol. The Morgan fingerprint density at radius 2 is 1.90 bits per heavy atom. The van der Waals surface area contributed by atoms with E-state index in [1.165, 1.54) is 5.56 Å². The lowest BCUT2D eigenvalue weighted by Gasteiger charge is -2.07. The van der Waals surface area contributed by atoms with Crippen molar-refractivity contribution in [2.75, 3.05) is 13.3 Å². The largest absolute Gasteiger partial charge is 0.508 e. The van der Waals surface area contributed by atoms with Crippen LogP contribution in [0.1, 0.15) is 11.1 Å². The van der Waals surface area contributed by atoms with E-state index in [4.69, 9.17) is 9.47 Å². The van der Waals surface area contributed by atoms with Crippen molar-refractivity contribution in [2.24, 2.45) is 0 Å². The van der Waals surface area contributed by atoms with Crippen LogP contribution in [0.4, 0.5) is 0 Å². The molecule has 1 heterocycles. The van der Waals surface area contributed by atoms with Crippen molar-refractivity contribution in [1.29, 1.82) is 0 Å². The highest BCUT2D eigenvalue weighted by Gasteiger charge is 2.17. The summed E-state index contributed by atoms with van der Waals surface area (Å²) in [6.45, 7) is 1.93. The first-order valence-corrected chi connectivity index (χ1v) is 7.58. The third-order valence-corrected chi connectivity index (χ3v) is 3.93. The first-order valence-electron chi connectivity index (χ1n) is 6.79. The van der Waals surface area contributed by atoms with Crippen molar-refractivity contribution >= 4 is 15.9 Å². The van der Waals surface area contributed by atoms with E-state index >= 15 is 0 Å². The fourth-order valence-electron chi connectivity index (χ4n) is 2.25. The molecule has 0 amide bonds. The first kappa shape index (κ1) is 14.2. The maximum Gasteiger partial charge on any atom is 0.231 e. The van der Waals surface area contributed by atoms with Crippen molar-refractivity contribution in [3.05, 3.63) is 52.0 Å². The van der Waals surface area contributed by atoms with Crippen molar-refractivity contribution in [3.8, 4) is 17.2 Å². The fraction of sp³-hybridized carbons (Fsp3) is 0.250. The number of fused-ring (bicyclic) bond motifs is 1. The molecule has 4 nitrogen and oxygen atoms in total. The molecule has 0 radical (unpaired) electrons. The van der Waals surface area contributed by atoms with E-state index in [0.29, 0.717) is 5.75 Å². The normalized spacial score (nSPS) is 12.6. The van der Waals surface area contributed by atoms with Crippen LogP contribution in [0.5, 0.6) is 17.2 Å². The van der Waals surface area contributed by atoms with E-state index in [9.17, 15) is 5.11 Å². The number of halogens is 1. The number of phenolic OH excluding ortho intramolecular Hbond substituents is 1. The standard InChI is InChI=1S/C16H16BrNO3/c17-14-7-12(8-15-16(14)21-10-20-15)9-18-6-5-11-1-3-13(19)4-2-11/h1-4,7-8,18-19H,5-6,9-10H2. The second-order valence-electron chi connectivity index (χ2n) is 4.90. The zero-order chi connectivity index (χ0) is 14.7. The quantitative estimate of drug-likeness (QED) is 0.813. The third-order valence-electron chi connectivity index (χ3n) is 3.34. The molecule has 0 saturated carbocycles. The Hall–Kier alpha value is -1.72. The molecule has 1 aliphatic heterocycles. The van der Waals surface area contributed by atoms with E-state index in [-0.39, 0.29) is 6.79 Å². The summed E-state index contributed by atoms with van der Waals surface area (Å²) in [6.07, 6.45) is 0.923. The highest BCUT2D eigenvalue weighted by Crippen LogP contribution is 2.39. The predicted octanol–water partition coefficient (Wildman–Crippen LogP) is 3.22. The molecule has 2 N–H and O–H groups in total. The van der Waals surface area contributed by atoms with Gasteiger partial charge >= 0.3 is 0 Å².